The summed E-state index contributed by atoms with van der Waals surface area (Å²) in [5, 5.41) is 0. The Morgan fingerprint density at radius 1 is 1.53 bits per heavy atom. The van der Waals surface area contributed by atoms with Crippen molar-refractivity contribution in [3.63, 3.8) is 0 Å². The van der Waals surface area contributed by atoms with Crippen molar-refractivity contribution in [3.8, 4) is 5.75 Å². The molecule has 2 rings (SSSR count). The third-order valence-corrected chi connectivity index (χ3v) is 2.79. The number of ether oxygens (including phenoxy) is 1. The molecule has 0 radical (unpaired) electrons. The maximum absolute atomic E-state index is 11.7. The minimum atomic E-state index is -0.124. The number of nitrogens with zero attached hydrogens (tertiary/aromatic N) is 2. The van der Waals surface area contributed by atoms with Crippen LogP contribution in [0.1, 0.15) is 23.3 Å². The van der Waals surface area contributed by atoms with Crippen molar-refractivity contribution in [1.29, 1.82) is 0 Å². The molecule has 0 unspecified atom stereocenters. The first-order valence-electron chi connectivity index (χ1n) is 5.66. The van der Waals surface area contributed by atoms with Crippen LogP contribution in [-0.4, -0.2) is 42.0 Å². The quantitative estimate of drug-likeness (QED) is 0.835. The fourth-order valence-electron chi connectivity index (χ4n) is 1.73. The molecule has 17 heavy (non-hydrogen) atoms. The first kappa shape index (κ1) is 11.9. The van der Waals surface area contributed by atoms with Crippen molar-refractivity contribution in [2.45, 2.75) is 25.0 Å². The summed E-state index contributed by atoms with van der Waals surface area (Å²) in [6.45, 7) is 0. The lowest BCUT2D eigenvalue weighted by atomic mass is 9.90. The predicted molar refractivity (Wildman–Crippen MR) is 63.9 cm³/mol. The van der Waals surface area contributed by atoms with Gasteiger partial charge in [-0.15, -0.1) is 0 Å². The average molecular weight is 235 g/mol. The molecule has 1 amide bonds. The first-order chi connectivity index (χ1) is 8.06. The van der Waals surface area contributed by atoms with Crippen molar-refractivity contribution in [3.05, 3.63) is 24.0 Å². The number of carbonyl (C=O) groups excluding carboxylic acids is 1. The number of amides is 1. The lowest BCUT2D eigenvalue weighted by Crippen LogP contribution is -2.43. The van der Waals surface area contributed by atoms with Gasteiger partial charge in [-0.05, 0) is 18.9 Å². The van der Waals surface area contributed by atoms with Gasteiger partial charge in [-0.1, -0.05) is 0 Å². The van der Waals surface area contributed by atoms with Gasteiger partial charge >= 0.3 is 0 Å². The van der Waals surface area contributed by atoms with Crippen LogP contribution in [0.4, 0.5) is 0 Å². The molecular formula is C12H17N3O2. The van der Waals surface area contributed by atoms with E-state index >= 15 is 0 Å². The van der Waals surface area contributed by atoms with E-state index in [1.807, 2.05) is 0 Å². The SMILES string of the molecule is CN(C)C(=O)c1cc(OC2CC(N)C2)ccn1. The van der Waals surface area contributed by atoms with E-state index in [4.69, 9.17) is 10.5 Å². The largest absolute Gasteiger partial charge is 0.490 e. The number of carbonyl (C=O) groups is 1. The molecule has 1 aromatic rings. The number of hydrogen-bond acceptors (Lipinski definition) is 4. The summed E-state index contributed by atoms with van der Waals surface area (Å²) in [4.78, 5) is 17.2. The molecule has 0 spiro atoms. The zero-order valence-electron chi connectivity index (χ0n) is 10.1. The van der Waals surface area contributed by atoms with Crippen LogP contribution in [-0.2, 0) is 0 Å². The Hall–Kier alpha value is -1.62. The molecule has 2 N–H and O–H groups in total. The van der Waals surface area contributed by atoms with E-state index in [0.717, 1.165) is 12.8 Å². The van der Waals surface area contributed by atoms with Gasteiger partial charge in [-0.3, -0.25) is 9.78 Å². The van der Waals surface area contributed by atoms with Crippen LogP contribution in [0.5, 0.6) is 5.75 Å². The number of nitrogens with two attached hydrogens (primary N) is 1. The molecule has 92 valence electrons. The number of aromatic nitrogens is 1. The van der Waals surface area contributed by atoms with E-state index in [2.05, 4.69) is 4.98 Å². The van der Waals surface area contributed by atoms with Crippen LogP contribution in [0.3, 0.4) is 0 Å². The zero-order chi connectivity index (χ0) is 12.4. The van der Waals surface area contributed by atoms with E-state index in [9.17, 15) is 4.79 Å². The molecule has 0 atom stereocenters. The molecule has 5 nitrogen and oxygen atoms in total. The molecule has 1 heterocycles. The van der Waals surface area contributed by atoms with E-state index in [-0.39, 0.29) is 18.1 Å². The molecule has 0 bridgehead atoms. The van der Waals surface area contributed by atoms with E-state index in [1.165, 1.54) is 4.90 Å². The Balaban J connectivity index is 2.04. The van der Waals surface area contributed by atoms with Gasteiger partial charge in [0.1, 0.15) is 17.5 Å². The number of rotatable bonds is 3. The highest BCUT2D eigenvalue weighted by atomic mass is 16.5. The van der Waals surface area contributed by atoms with Crippen LogP contribution < -0.4 is 10.5 Å². The lowest BCUT2D eigenvalue weighted by molar-refractivity contribution is 0.0816. The van der Waals surface area contributed by atoms with Gasteiger partial charge in [0.05, 0.1) is 0 Å². The molecule has 1 aliphatic rings. The fourth-order valence-corrected chi connectivity index (χ4v) is 1.73. The second-order valence-electron chi connectivity index (χ2n) is 4.55. The normalized spacial score (nSPS) is 22.8. The zero-order valence-corrected chi connectivity index (χ0v) is 10.1. The Bertz CT molecular complexity index is 414. The van der Waals surface area contributed by atoms with Crippen LogP contribution in [0.2, 0.25) is 0 Å². The lowest BCUT2D eigenvalue weighted by Gasteiger charge is -2.32. The summed E-state index contributed by atoms with van der Waals surface area (Å²) < 4.78 is 5.70. The van der Waals surface area contributed by atoms with Crippen molar-refractivity contribution in [2.24, 2.45) is 5.73 Å². The van der Waals surface area contributed by atoms with Crippen LogP contribution in [0, 0.1) is 0 Å². The third kappa shape index (κ3) is 2.74. The van der Waals surface area contributed by atoms with Gasteiger partial charge < -0.3 is 15.4 Å². The van der Waals surface area contributed by atoms with E-state index in [1.54, 1.807) is 32.4 Å². The molecule has 1 aromatic heterocycles. The Labute approximate surface area is 101 Å². The summed E-state index contributed by atoms with van der Waals surface area (Å²) in [6, 6.07) is 3.69. The molecule has 0 aliphatic heterocycles. The van der Waals surface area contributed by atoms with Crippen LogP contribution >= 0.6 is 0 Å². The third-order valence-electron chi connectivity index (χ3n) is 2.79. The second kappa shape index (κ2) is 4.71. The Morgan fingerprint density at radius 2 is 2.24 bits per heavy atom. The highest BCUT2D eigenvalue weighted by Crippen LogP contribution is 2.24. The topological polar surface area (TPSA) is 68.5 Å². The molecule has 1 fully saturated rings. The maximum Gasteiger partial charge on any atom is 0.272 e. The smallest absolute Gasteiger partial charge is 0.272 e. The van der Waals surface area contributed by atoms with Gasteiger partial charge in [0.2, 0.25) is 0 Å². The fraction of sp³-hybridized carbons (Fsp3) is 0.500. The van der Waals surface area contributed by atoms with Gasteiger partial charge in [-0.25, -0.2) is 0 Å². The van der Waals surface area contributed by atoms with Crippen molar-refractivity contribution in [1.82, 2.24) is 9.88 Å². The maximum atomic E-state index is 11.7. The Morgan fingerprint density at radius 3 is 2.82 bits per heavy atom. The summed E-state index contributed by atoms with van der Waals surface area (Å²) in [5.74, 6) is 0.558. The number of hydrogen-bond donors (Lipinski definition) is 1. The summed E-state index contributed by atoms with van der Waals surface area (Å²) in [7, 11) is 3.39. The highest BCUT2D eigenvalue weighted by Gasteiger charge is 2.27. The predicted octanol–water partition coefficient (Wildman–Crippen LogP) is 0.652. The Kier molecular flexibility index (Phi) is 3.28. The second-order valence-corrected chi connectivity index (χ2v) is 4.55. The van der Waals surface area contributed by atoms with Gasteiger partial charge in [0.25, 0.3) is 5.91 Å². The summed E-state index contributed by atoms with van der Waals surface area (Å²) >= 11 is 0. The highest BCUT2D eigenvalue weighted by molar-refractivity contribution is 5.92. The molecule has 0 saturated heterocycles. The first-order valence-corrected chi connectivity index (χ1v) is 5.66. The monoisotopic (exact) mass is 235 g/mol. The van der Waals surface area contributed by atoms with E-state index in [0.29, 0.717) is 11.4 Å². The standard InChI is InChI=1S/C12H17N3O2/c1-15(2)12(16)11-7-9(3-4-14-11)17-10-5-8(13)6-10/h3-4,7-8,10H,5-6,13H2,1-2H3. The summed E-state index contributed by atoms with van der Waals surface area (Å²) in [5.41, 5.74) is 6.09. The minimum Gasteiger partial charge on any atom is -0.490 e. The molecule has 1 saturated carbocycles. The van der Waals surface area contributed by atoms with Crippen LogP contribution in [0.15, 0.2) is 18.3 Å². The van der Waals surface area contributed by atoms with Gasteiger partial charge in [0.15, 0.2) is 0 Å². The van der Waals surface area contributed by atoms with Crippen molar-refractivity contribution < 1.29 is 9.53 Å². The molecular weight excluding hydrogens is 218 g/mol. The van der Waals surface area contributed by atoms with E-state index < -0.39 is 0 Å². The van der Waals surface area contributed by atoms with Crippen LogP contribution in [0.25, 0.3) is 0 Å². The molecule has 5 heteroatoms. The van der Waals surface area contributed by atoms with Gasteiger partial charge in [0, 0.05) is 32.4 Å². The molecule has 0 aromatic carbocycles. The molecule has 1 aliphatic carbocycles. The van der Waals surface area contributed by atoms with Crippen molar-refractivity contribution >= 4 is 5.91 Å². The summed E-state index contributed by atoms with van der Waals surface area (Å²) in [6.07, 6.45) is 3.51. The minimum absolute atomic E-state index is 0.124. The number of pyridine rings is 1. The van der Waals surface area contributed by atoms with Crippen molar-refractivity contribution in [2.75, 3.05) is 14.1 Å². The van der Waals surface area contributed by atoms with Gasteiger partial charge in [-0.2, -0.15) is 0 Å². The average Bonchev–Trinajstić information content (AvgIpc) is 2.26.